The van der Waals surface area contributed by atoms with Crippen molar-refractivity contribution in [3.63, 3.8) is 0 Å². The molecule has 12 heteroatoms. The number of hydrogen-bond donors (Lipinski definition) is 3. The van der Waals surface area contributed by atoms with E-state index in [9.17, 15) is 24.3 Å². The van der Waals surface area contributed by atoms with E-state index in [2.05, 4.69) is 5.32 Å². The molecule has 3 N–H and O–H groups in total. The smallest absolute Gasteiger partial charge is 0.409 e. The molecule has 10 nitrogen and oxygen atoms in total. The minimum atomic E-state index is -2.52. The average Bonchev–Trinajstić information content (AvgIpc) is 3.63. The van der Waals surface area contributed by atoms with Crippen LogP contribution in [0.15, 0.2) is 35.9 Å². The molecule has 0 aromatic heterocycles. The third kappa shape index (κ3) is 8.18. The number of epoxide rings is 1. The van der Waals surface area contributed by atoms with Gasteiger partial charge in [-0.2, -0.15) is 0 Å². The number of carbonyl (C=O) groups excluding carboxylic acids is 3. The second-order valence-electron chi connectivity index (χ2n) is 13.8. The molecule has 1 aromatic rings. The van der Waals surface area contributed by atoms with E-state index in [1.54, 1.807) is 27.1 Å². The third-order valence-corrected chi connectivity index (χ3v) is 11.3. The number of halogens is 1. The third-order valence-electron chi connectivity index (χ3n) is 9.30. The van der Waals surface area contributed by atoms with E-state index in [4.69, 9.17) is 25.8 Å². The number of benzene rings is 1. The lowest BCUT2D eigenvalue weighted by atomic mass is 9.82. The summed E-state index contributed by atoms with van der Waals surface area (Å²) in [6.07, 6.45) is 3.26. The number of fused-ring (bicyclic) bond motifs is 5. The van der Waals surface area contributed by atoms with Crippen LogP contribution in [0.3, 0.4) is 0 Å². The molecule has 4 rings (SSSR count). The first-order valence-electron chi connectivity index (χ1n) is 15.5. The molecule has 248 valence electrons. The summed E-state index contributed by atoms with van der Waals surface area (Å²) in [5, 5.41) is 14.6. The lowest BCUT2D eigenvalue weighted by molar-refractivity contribution is -0.153. The number of alkyl carbamates (subject to hydrolysis) is 1. The van der Waals surface area contributed by atoms with Gasteiger partial charge in [-0.3, -0.25) is 14.9 Å². The molecule has 0 unspecified atom stereocenters. The molecule has 1 aromatic carbocycles. The molecule has 4 bridgehead atoms. The Labute approximate surface area is 271 Å². The predicted octanol–water partition coefficient (Wildman–Crippen LogP) is 5.18. The fourth-order valence-corrected chi connectivity index (χ4v) is 7.22. The maximum atomic E-state index is 13.8. The van der Waals surface area contributed by atoms with Crippen LogP contribution >= 0.6 is 11.6 Å². The minimum Gasteiger partial charge on any atom is -0.459 e. The molecule has 45 heavy (non-hydrogen) atoms. The van der Waals surface area contributed by atoms with Crippen molar-refractivity contribution in [1.29, 1.82) is 0 Å². The molecule has 7 atom stereocenters. The van der Waals surface area contributed by atoms with Gasteiger partial charge >= 0.3 is 12.1 Å². The summed E-state index contributed by atoms with van der Waals surface area (Å²) in [5.74, 6) is -1.70. The standard InChI is InChI=1S/C33H47ClN2O8Si/c1-19-10-9-11-21(3)33(40)18-25(42-31(39)35-33)22(4)30-32(5,44-30)26(43-28(38)12-13-45(7,8)41)17-27(37)36(6)24-16-23(14-19)15-20(2)29(24)34/h9-11,15-16,21-22,25-26,30,40-41H,12-14,17-18H2,1-8H3,(H,35,39)/b11-9+,19-10+/t21-,22-,25+,26+,30+,32-,33+/m1/s1. The summed E-state index contributed by atoms with van der Waals surface area (Å²) in [6.45, 7) is 12.8. The summed E-state index contributed by atoms with van der Waals surface area (Å²) in [6, 6.07) is 4.19. The number of esters is 1. The number of rotatable bonds is 4. The average molecular weight is 663 g/mol. The van der Waals surface area contributed by atoms with E-state index in [0.717, 1.165) is 16.7 Å². The molecule has 2 amide bonds. The zero-order valence-corrected chi connectivity index (χ0v) is 29.2. The molecule has 3 aliphatic rings. The lowest BCUT2D eigenvalue weighted by Gasteiger charge is -2.41. The number of allylic oxidation sites excluding steroid dienone is 3. The van der Waals surface area contributed by atoms with Gasteiger partial charge in [0, 0.05) is 31.7 Å². The second kappa shape index (κ2) is 13.2. The number of ether oxygens (including phenoxy) is 3. The molecule has 2 saturated heterocycles. The van der Waals surface area contributed by atoms with Crippen molar-refractivity contribution in [3.8, 4) is 0 Å². The molecule has 0 aliphatic carbocycles. The van der Waals surface area contributed by atoms with E-state index in [0.29, 0.717) is 23.2 Å². The summed E-state index contributed by atoms with van der Waals surface area (Å²) in [4.78, 5) is 51.3. The van der Waals surface area contributed by atoms with Gasteiger partial charge in [-0.05, 0) is 63.5 Å². The monoisotopic (exact) mass is 662 g/mol. The fraction of sp³-hybridized carbons (Fsp3) is 0.606. The number of carbonyl (C=O) groups is 3. The van der Waals surface area contributed by atoms with Crippen LogP contribution in [-0.4, -0.2) is 72.9 Å². The lowest BCUT2D eigenvalue weighted by Crippen LogP contribution is -2.60. The molecule has 0 spiro atoms. The van der Waals surface area contributed by atoms with Crippen LogP contribution in [-0.2, 0) is 30.2 Å². The Hall–Kier alpha value is -2.70. The van der Waals surface area contributed by atoms with Gasteiger partial charge in [0.1, 0.15) is 23.5 Å². The van der Waals surface area contributed by atoms with Crippen LogP contribution in [0, 0.1) is 18.8 Å². The zero-order valence-electron chi connectivity index (χ0n) is 27.5. The van der Waals surface area contributed by atoms with E-state index >= 15 is 0 Å². The number of nitrogens with zero attached hydrogens (tertiary/aromatic N) is 1. The summed E-state index contributed by atoms with van der Waals surface area (Å²) < 4.78 is 17.8. The second-order valence-corrected chi connectivity index (χ2v) is 18.3. The van der Waals surface area contributed by atoms with Crippen molar-refractivity contribution in [3.05, 3.63) is 52.1 Å². The Bertz CT molecular complexity index is 1390. The van der Waals surface area contributed by atoms with Gasteiger partial charge in [-0.1, -0.05) is 55.3 Å². The quantitative estimate of drug-likeness (QED) is 0.228. The van der Waals surface area contributed by atoms with Gasteiger partial charge in [0.25, 0.3) is 0 Å². The Balaban J connectivity index is 1.73. The summed E-state index contributed by atoms with van der Waals surface area (Å²) in [7, 11) is -0.870. The highest BCUT2D eigenvalue weighted by Crippen LogP contribution is 2.49. The number of aliphatic hydroxyl groups is 1. The largest absolute Gasteiger partial charge is 0.459 e. The van der Waals surface area contributed by atoms with Gasteiger partial charge in [0.05, 0.1) is 23.2 Å². The van der Waals surface area contributed by atoms with Crippen LogP contribution in [0.2, 0.25) is 24.2 Å². The van der Waals surface area contributed by atoms with E-state index < -0.39 is 61.9 Å². The topological polar surface area (TPSA) is 138 Å². The maximum Gasteiger partial charge on any atom is 0.409 e. The molecular weight excluding hydrogens is 616 g/mol. The van der Waals surface area contributed by atoms with Crippen molar-refractivity contribution in [2.24, 2.45) is 11.8 Å². The fourth-order valence-electron chi connectivity index (χ4n) is 6.17. The van der Waals surface area contributed by atoms with Gasteiger partial charge in [-0.15, -0.1) is 0 Å². The maximum absolute atomic E-state index is 13.8. The molecule has 0 radical (unpaired) electrons. The van der Waals surface area contributed by atoms with Crippen molar-refractivity contribution >= 4 is 43.6 Å². The van der Waals surface area contributed by atoms with Crippen LogP contribution in [0.4, 0.5) is 10.5 Å². The summed E-state index contributed by atoms with van der Waals surface area (Å²) >= 11 is 6.71. The number of nitrogens with one attached hydrogen (secondary N) is 1. The van der Waals surface area contributed by atoms with Gasteiger partial charge in [0.2, 0.25) is 5.91 Å². The highest BCUT2D eigenvalue weighted by molar-refractivity contribution is 6.69. The number of aryl methyl sites for hydroxylation is 1. The highest BCUT2D eigenvalue weighted by atomic mass is 35.5. The highest BCUT2D eigenvalue weighted by Gasteiger charge is 2.64. The van der Waals surface area contributed by atoms with Crippen molar-refractivity contribution < 1.29 is 38.5 Å². The van der Waals surface area contributed by atoms with Crippen molar-refractivity contribution in [2.45, 2.75) is 109 Å². The molecular formula is C33H47ClN2O8Si. The minimum absolute atomic E-state index is 0.0107. The first-order valence-corrected chi connectivity index (χ1v) is 19.1. The molecule has 0 saturated carbocycles. The van der Waals surface area contributed by atoms with Crippen molar-refractivity contribution in [1.82, 2.24) is 5.32 Å². The molecule has 2 fully saturated rings. The molecule has 3 heterocycles. The number of anilines is 1. The number of amides is 2. The normalized spacial score (nSPS) is 34.5. The SMILES string of the molecule is C/C1=C\C=C\[C@@H](C)[C@@]2(O)C[C@H](OC(=O)N2)[C@@H](C)[C@@H]2O[C@]2(C)[C@@H](OC(=O)CC[Si](C)(C)O)CC(=O)N(C)c2cc(cc(C)c2Cl)C1. The van der Waals surface area contributed by atoms with Crippen LogP contribution < -0.4 is 10.2 Å². The van der Waals surface area contributed by atoms with Crippen molar-refractivity contribution in [2.75, 3.05) is 11.9 Å². The van der Waals surface area contributed by atoms with E-state index in [1.807, 2.05) is 58.1 Å². The molecule has 3 aliphatic heterocycles. The van der Waals surface area contributed by atoms with Crippen LogP contribution in [0.5, 0.6) is 0 Å². The first-order chi connectivity index (χ1) is 20.8. The summed E-state index contributed by atoms with van der Waals surface area (Å²) in [5.41, 5.74) is 0.743. The Morgan fingerprint density at radius 2 is 1.93 bits per heavy atom. The van der Waals surface area contributed by atoms with Gasteiger partial charge < -0.3 is 29.0 Å². The zero-order chi connectivity index (χ0) is 33.5. The van der Waals surface area contributed by atoms with Gasteiger partial charge in [-0.25, -0.2) is 4.79 Å². The van der Waals surface area contributed by atoms with E-state index in [1.165, 1.54) is 4.90 Å². The Morgan fingerprint density at radius 3 is 2.60 bits per heavy atom. The van der Waals surface area contributed by atoms with Gasteiger partial charge in [0.15, 0.2) is 8.32 Å². The van der Waals surface area contributed by atoms with E-state index in [-0.39, 0.29) is 25.2 Å². The van der Waals surface area contributed by atoms with Crippen LogP contribution in [0.1, 0.15) is 58.1 Å². The Kier molecular flexibility index (Phi) is 10.3. The first kappa shape index (κ1) is 35.2. The van der Waals surface area contributed by atoms with Crippen LogP contribution in [0.25, 0.3) is 0 Å². The Morgan fingerprint density at radius 1 is 1.24 bits per heavy atom. The number of hydrogen-bond acceptors (Lipinski definition) is 8. The predicted molar refractivity (Wildman–Crippen MR) is 174 cm³/mol.